The summed E-state index contributed by atoms with van der Waals surface area (Å²) in [6, 6.07) is 0. The summed E-state index contributed by atoms with van der Waals surface area (Å²) in [4.78, 5) is 32.3. The molecule has 0 bridgehead atoms. The van der Waals surface area contributed by atoms with E-state index in [1.807, 2.05) is 0 Å². The van der Waals surface area contributed by atoms with Crippen LogP contribution in [0, 0.1) is 0 Å². The van der Waals surface area contributed by atoms with Crippen molar-refractivity contribution < 1.29 is 34.1 Å². The lowest BCUT2D eigenvalue weighted by atomic mass is 9.96. The Labute approximate surface area is 78.2 Å². The molecule has 0 amide bonds. The van der Waals surface area contributed by atoms with Crippen LogP contribution in [0.15, 0.2) is 0 Å². The van der Waals surface area contributed by atoms with Gasteiger partial charge in [0.05, 0.1) is 13.5 Å². The molecule has 1 rings (SSSR count). The van der Waals surface area contributed by atoms with Crippen LogP contribution in [0.5, 0.6) is 0 Å². The molecule has 78 valence electrons. The van der Waals surface area contributed by atoms with Gasteiger partial charge in [-0.2, -0.15) is 0 Å². The van der Waals surface area contributed by atoms with Crippen LogP contribution in [0.1, 0.15) is 6.42 Å². The van der Waals surface area contributed by atoms with Crippen molar-refractivity contribution in [2.45, 2.75) is 18.1 Å². The maximum atomic E-state index is 11.0. The highest BCUT2D eigenvalue weighted by Gasteiger charge is 2.58. The Bertz CT molecular complexity index is 296. The van der Waals surface area contributed by atoms with Gasteiger partial charge < -0.3 is 19.7 Å². The summed E-state index contributed by atoms with van der Waals surface area (Å²) in [5.41, 5.74) is -2.52. The lowest BCUT2D eigenvalue weighted by Gasteiger charge is -2.19. The van der Waals surface area contributed by atoms with Gasteiger partial charge in [-0.05, 0) is 0 Å². The molecule has 14 heavy (non-hydrogen) atoms. The Balaban J connectivity index is 2.99. The van der Waals surface area contributed by atoms with E-state index in [9.17, 15) is 19.5 Å². The van der Waals surface area contributed by atoms with Crippen molar-refractivity contribution in [3.05, 3.63) is 0 Å². The number of rotatable bonds is 2. The number of aliphatic hydroxyl groups is 1. The van der Waals surface area contributed by atoms with Gasteiger partial charge >= 0.3 is 17.9 Å². The van der Waals surface area contributed by atoms with Crippen molar-refractivity contribution in [2.24, 2.45) is 0 Å². The van der Waals surface area contributed by atoms with Gasteiger partial charge in [0.25, 0.3) is 0 Å². The highest BCUT2D eigenvalue weighted by molar-refractivity contribution is 5.96. The highest BCUT2D eigenvalue weighted by atomic mass is 16.6. The third kappa shape index (κ3) is 1.41. The first-order chi connectivity index (χ1) is 6.41. The van der Waals surface area contributed by atoms with Gasteiger partial charge in [-0.1, -0.05) is 0 Å². The van der Waals surface area contributed by atoms with Crippen molar-refractivity contribution >= 4 is 17.9 Å². The fourth-order valence-corrected chi connectivity index (χ4v) is 1.12. The molecule has 7 nitrogen and oxygen atoms in total. The number of carboxylic acid groups (broad SMARTS) is 1. The second-order valence-corrected chi connectivity index (χ2v) is 2.80. The van der Waals surface area contributed by atoms with Crippen molar-refractivity contribution in [2.75, 3.05) is 7.11 Å². The molecule has 0 aromatic rings. The van der Waals surface area contributed by atoms with E-state index in [2.05, 4.69) is 9.47 Å². The molecule has 1 heterocycles. The molecule has 0 radical (unpaired) electrons. The fraction of sp³-hybridized carbons (Fsp3) is 0.571. The van der Waals surface area contributed by atoms with Crippen molar-refractivity contribution in [1.82, 2.24) is 0 Å². The van der Waals surface area contributed by atoms with E-state index in [1.54, 1.807) is 0 Å². The summed E-state index contributed by atoms with van der Waals surface area (Å²) in [6.07, 6.45) is -2.56. The van der Waals surface area contributed by atoms with Gasteiger partial charge in [-0.3, -0.25) is 4.79 Å². The second kappa shape index (κ2) is 3.26. The zero-order valence-electron chi connectivity index (χ0n) is 7.22. The molecule has 1 fully saturated rings. The van der Waals surface area contributed by atoms with Crippen LogP contribution < -0.4 is 0 Å². The summed E-state index contributed by atoms with van der Waals surface area (Å²) < 4.78 is 8.54. The lowest BCUT2D eigenvalue weighted by Crippen LogP contribution is -2.50. The van der Waals surface area contributed by atoms with Gasteiger partial charge in [0.2, 0.25) is 11.7 Å². The van der Waals surface area contributed by atoms with Crippen LogP contribution in [-0.4, -0.2) is 46.9 Å². The number of carbonyl (C=O) groups is 3. The van der Waals surface area contributed by atoms with E-state index in [1.165, 1.54) is 0 Å². The Hall–Kier alpha value is -1.63. The smallest absolute Gasteiger partial charge is 0.350 e. The van der Waals surface area contributed by atoms with Crippen LogP contribution in [0.2, 0.25) is 0 Å². The molecule has 2 atom stereocenters. The Kier molecular flexibility index (Phi) is 2.43. The third-order valence-corrected chi connectivity index (χ3v) is 1.88. The van der Waals surface area contributed by atoms with Gasteiger partial charge in [-0.25, -0.2) is 9.59 Å². The predicted molar refractivity (Wildman–Crippen MR) is 39.1 cm³/mol. The van der Waals surface area contributed by atoms with E-state index in [0.717, 1.165) is 7.11 Å². The molecule has 0 saturated carbocycles. The SMILES string of the molecule is COC(=O)C1OC(=O)CC1(O)C(=O)O. The lowest BCUT2D eigenvalue weighted by molar-refractivity contribution is -0.178. The number of ether oxygens (including phenoxy) is 2. The number of carboxylic acids is 1. The van der Waals surface area contributed by atoms with Gasteiger partial charge in [-0.15, -0.1) is 0 Å². The minimum atomic E-state index is -2.52. The molecule has 2 N–H and O–H groups in total. The van der Waals surface area contributed by atoms with Crippen LogP contribution in [-0.2, 0) is 23.9 Å². The Morgan fingerprint density at radius 3 is 2.64 bits per heavy atom. The van der Waals surface area contributed by atoms with E-state index in [0.29, 0.717) is 0 Å². The number of aliphatic carboxylic acids is 1. The molecular formula is C7H8O7. The van der Waals surface area contributed by atoms with Crippen molar-refractivity contribution in [1.29, 1.82) is 0 Å². The first-order valence-corrected chi connectivity index (χ1v) is 3.65. The number of hydrogen-bond donors (Lipinski definition) is 2. The minimum absolute atomic E-state index is 0.762. The molecule has 0 aliphatic carbocycles. The van der Waals surface area contributed by atoms with E-state index >= 15 is 0 Å². The predicted octanol–water partition coefficient (Wildman–Crippen LogP) is -1.71. The molecule has 2 unspecified atom stereocenters. The molecule has 1 saturated heterocycles. The van der Waals surface area contributed by atoms with Gasteiger partial charge in [0, 0.05) is 0 Å². The molecule has 0 aromatic carbocycles. The summed E-state index contributed by atoms with van der Waals surface area (Å²) in [7, 11) is 0.997. The number of methoxy groups -OCH3 is 1. The van der Waals surface area contributed by atoms with E-state index in [4.69, 9.17) is 5.11 Å². The average molecular weight is 204 g/mol. The molecule has 1 aliphatic heterocycles. The Morgan fingerprint density at radius 2 is 2.21 bits per heavy atom. The number of esters is 2. The minimum Gasteiger partial charge on any atom is -0.479 e. The van der Waals surface area contributed by atoms with Gasteiger partial charge in [0.1, 0.15) is 0 Å². The zero-order valence-corrected chi connectivity index (χ0v) is 7.22. The van der Waals surface area contributed by atoms with Crippen LogP contribution in [0.4, 0.5) is 0 Å². The third-order valence-electron chi connectivity index (χ3n) is 1.88. The molecule has 7 heteroatoms. The number of hydrogen-bond acceptors (Lipinski definition) is 6. The number of cyclic esters (lactones) is 1. The highest BCUT2D eigenvalue weighted by Crippen LogP contribution is 2.28. The summed E-state index contributed by atoms with van der Waals surface area (Å²) >= 11 is 0. The van der Waals surface area contributed by atoms with E-state index < -0.39 is 36.0 Å². The molecule has 0 spiro atoms. The maximum Gasteiger partial charge on any atom is 0.350 e. The summed E-state index contributed by atoms with van der Waals surface area (Å²) in [5.74, 6) is -3.75. The van der Waals surface area contributed by atoms with Crippen molar-refractivity contribution in [3.63, 3.8) is 0 Å². The normalized spacial score (nSPS) is 31.0. The molecule has 1 aliphatic rings. The standard InChI is InChI=1S/C7H8O7/c1-13-5(9)4-7(12,6(10)11)2-3(8)14-4/h4,12H,2H2,1H3,(H,10,11). The molecular weight excluding hydrogens is 196 g/mol. The molecule has 0 aromatic heterocycles. The topological polar surface area (TPSA) is 110 Å². The first-order valence-electron chi connectivity index (χ1n) is 3.65. The van der Waals surface area contributed by atoms with Gasteiger partial charge in [0.15, 0.2) is 0 Å². The Morgan fingerprint density at radius 1 is 1.64 bits per heavy atom. The van der Waals surface area contributed by atoms with Crippen LogP contribution in [0.25, 0.3) is 0 Å². The van der Waals surface area contributed by atoms with E-state index in [-0.39, 0.29) is 0 Å². The van der Waals surface area contributed by atoms with Crippen molar-refractivity contribution in [3.8, 4) is 0 Å². The first kappa shape index (κ1) is 10.5. The maximum absolute atomic E-state index is 11.0. The fourth-order valence-electron chi connectivity index (χ4n) is 1.12. The summed E-state index contributed by atoms with van der Waals surface area (Å²) in [5, 5.41) is 18.1. The quantitative estimate of drug-likeness (QED) is 0.515. The van der Waals surface area contributed by atoms with Crippen LogP contribution in [0.3, 0.4) is 0 Å². The largest absolute Gasteiger partial charge is 0.479 e. The zero-order chi connectivity index (χ0) is 10.9. The number of carbonyl (C=O) groups excluding carboxylic acids is 2. The summed E-state index contributed by atoms with van der Waals surface area (Å²) in [6.45, 7) is 0. The average Bonchev–Trinajstić information content (AvgIpc) is 2.42. The second-order valence-electron chi connectivity index (χ2n) is 2.80. The van der Waals surface area contributed by atoms with Crippen LogP contribution >= 0.6 is 0 Å². The monoisotopic (exact) mass is 204 g/mol.